The van der Waals surface area contributed by atoms with Gasteiger partial charge in [0.05, 0.1) is 6.61 Å². The summed E-state index contributed by atoms with van der Waals surface area (Å²) in [6.07, 6.45) is 1.75. The van der Waals surface area contributed by atoms with E-state index in [1.165, 1.54) is 0 Å². The molecule has 0 amide bonds. The van der Waals surface area contributed by atoms with Crippen molar-refractivity contribution in [1.82, 2.24) is 4.98 Å². The molecule has 0 saturated carbocycles. The molecule has 0 atom stereocenters. The van der Waals surface area contributed by atoms with E-state index in [1.54, 1.807) is 13.0 Å². The predicted octanol–water partition coefficient (Wildman–Crippen LogP) is 1.77. The standard InChI is InChI=1S/C11H16N4O2/c1-3-4-5-17-15(16)11-9(7-12)8(2)6-10(13)14-11/h6,16H,3-5H2,1-2H3,(H2,13,14). The highest BCUT2D eigenvalue weighted by Gasteiger charge is 2.15. The number of nitrogen functional groups attached to an aromatic ring is 1. The fraction of sp³-hybridized carbons (Fsp3) is 0.455. The Labute approximate surface area is 100 Å². The van der Waals surface area contributed by atoms with Crippen LogP contribution in [0.3, 0.4) is 0 Å². The van der Waals surface area contributed by atoms with E-state index < -0.39 is 0 Å². The topological polar surface area (TPSA) is 95.4 Å². The van der Waals surface area contributed by atoms with Gasteiger partial charge in [-0.1, -0.05) is 13.3 Å². The molecule has 0 spiro atoms. The Morgan fingerprint density at radius 1 is 1.65 bits per heavy atom. The number of aryl methyl sites for hydroxylation is 1. The van der Waals surface area contributed by atoms with Crippen LogP contribution in [0.15, 0.2) is 6.07 Å². The van der Waals surface area contributed by atoms with Crippen LogP contribution >= 0.6 is 0 Å². The van der Waals surface area contributed by atoms with E-state index in [9.17, 15) is 5.21 Å². The molecule has 1 rings (SSSR count). The summed E-state index contributed by atoms with van der Waals surface area (Å²) in [7, 11) is 0. The second kappa shape index (κ2) is 6.03. The number of aromatic nitrogens is 1. The van der Waals surface area contributed by atoms with Crippen molar-refractivity contribution in [2.45, 2.75) is 26.7 Å². The summed E-state index contributed by atoms with van der Waals surface area (Å²) in [4.78, 5) is 8.93. The van der Waals surface area contributed by atoms with Gasteiger partial charge in [-0.25, -0.2) is 9.82 Å². The first-order valence-electron chi connectivity index (χ1n) is 5.39. The number of hydrogen-bond acceptors (Lipinski definition) is 6. The smallest absolute Gasteiger partial charge is 0.203 e. The van der Waals surface area contributed by atoms with Crippen molar-refractivity contribution in [3.05, 3.63) is 17.2 Å². The summed E-state index contributed by atoms with van der Waals surface area (Å²) in [6.45, 7) is 4.09. The van der Waals surface area contributed by atoms with Crippen molar-refractivity contribution in [1.29, 1.82) is 5.26 Å². The normalized spacial score (nSPS) is 10.0. The van der Waals surface area contributed by atoms with Crippen molar-refractivity contribution < 1.29 is 10.0 Å². The zero-order valence-corrected chi connectivity index (χ0v) is 9.97. The van der Waals surface area contributed by atoms with Gasteiger partial charge in [0.25, 0.3) is 0 Å². The molecule has 1 aromatic heterocycles. The lowest BCUT2D eigenvalue weighted by molar-refractivity contribution is -0.0438. The van der Waals surface area contributed by atoms with Crippen molar-refractivity contribution in [3.8, 4) is 6.07 Å². The maximum absolute atomic E-state index is 9.65. The molecule has 92 valence electrons. The first-order valence-corrected chi connectivity index (χ1v) is 5.39. The Balaban J connectivity index is 2.92. The summed E-state index contributed by atoms with van der Waals surface area (Å²) in [5.74, 6) is 0.260. The molecule has 0 saturated heterocycles. The zero-order valence-electron chi connectivity index (χ0n) is 9.97. The molecular weight excluding hydrogens is 220 g/mol. The molecule has 3 N–H and O–H groups in total. The molecule has 0 aliphatic rings. The second-order valence-corrected chi connectivity index (χ2v) is 3.63. The Hall–Kier alpha value is -1.84. The van der Waals surface area contributed by atoms with E-state index in [4.69, 9.17) is 15.8 Å². The van der Waals surface area contributed by atoms with Crippen LogP contribution < -0.4 is 11.0 Å². The minimum absolute atomic E-state index is 0.0288. The van der Waals surface area contributed by atoms with Gasteiger partial charge in [-0.2, -0.15) is 5.26 Å². The average molecular weight is 236 g/mol. The van der Waals surface area contributed by atoms with Crippen LogP contribution in [0.1, 0.15) is 30.9 Å². The quantitative estimate of drug-likeness (QED) is 0.597. The predicted molar refractivity (Wildman–Crippen MR) is 63.2 cm³/mol. The van der Waals surface area contributed by atoms with Crippen LogP contribution in [0.5, 0.6) is 0 Å². The van der Waals surface area contributed by atoms with Crippen molar-refractivity contribution in [2.24, 2.45) is 0 Å². The van der Waals surface area contributed by atoms with E-state index in [2.05, 4.69) is 4.98 Å². The molecule has 0 unspecified atom stereocenters. The lowest BCUT2D eigenvalue weighted by Gasteiger charge is -2.17. The third-order valence-electron chi connectivity index (χ3n) is 2.22. The summed E-state index contributed by atoms with van der Waals surface area (Å²) in [6, 6.07) is 3.53. The molecule has 0 radical (unpaired) electrons. The van der Waals surface area contributed by atoms with Gasteiger partial charge in [-0.3, -0.25) is 5.21 Å². The maximum atomic E-state index is 9.65. The molecule has 6 nitrogen and oxygen atoms in total. The maximum Gasteiger partial charge on any atom is 0.203 e. The van der Waals surface area contributed by atoms with Crippen LogP contribution in [0, 0.1) is 18.3 Å². The van der Waals surface area contributed by atoms with E-state index in [0.717, 1.165) is 12.8 Å². The summed E-state index contributed by atoms with van der Waals surface area (Å²) >= 11 is 0. The lowest BCUT2D eigenvalue weighted by atomic mass is 10.1. The number of rotatable bonds is 5. The first kappa shape index (κ1) is 13.2. The first-order chi connectivity index (χ1) is 8.10. The minimum Gasteiger partial charge on any atom is -0.384 e. The van der Waals surface area contributed by atoms with Gasteiger partial charge in [0.1, 0.15) is 17.5 Å². The van der Waals surface area contributed by atoms with Crippen molar-refractivity contribution in [3.63, 3.8) is 0 Å². The number of nitrogens with zero attached hydrogens (tertiary/aromatic N) is 3. The summed E-state index contributed by atoms with van der Waals surface area (Å²) in [5.41, 5.74) is 6.46. The molecule has 0 aliphatic heterocycles. The van der Waals surface area contributed by atoms with E-state index in [1.807, 2.05) is 13.0 Å². The molecule has 1 heterocycles. The third kappa shape index (κ3) is 3.31. The van der Waals surface area contributed by atoms with E-state index in [0.29, 0.717) is 17.4 Å². The second-order valence-electron chi connectivity index (χ2n) is 3.63. The van der Waals surface area contributed by atoms with Crippen LogP contribution in [-0.2, 0) is 4.84 Å². The molecule has 6 heteroatoms. The third-order valence-corrected chi connectivity index (χ3v) is 2.22. The Kier molecular flexibility index (Phi) is 4.69. The van der Waals surface area contributed by atoms with Gasteiger partial charge in [-0.05, 0) is 25.0 Å². The molecule has 17 heavy (non-hydrogen) atoms. The SMILES string of the molecule is CCCCON(O)c1nc(N)cc(C)c1C#N. The Morgan fingerprint density at radius 2 is 2.35 bits per heavy atom. The van der Waals surface area contributed by atoms with Gasteiger partial charge in [0, 0.05) is 0 Å². The van der Waals surface area contributed by atoms with Gasteiger partial charge in [-0.15, -0.1) is 5.23 Å². The fourth-order valence-corrected chi connectivity index (χ4v) is 1.31. The van der Waals surface area contributed by atoms with E-state index in [-0.39, 0.29) is 17.2 Å². The van der Waals surface area contributed by atoms with Crippen LogP contribution in [-0.4, -0.2) is 16.8 Å². The van der Waals surface area contributed by atoms with Crippen LogP contribution in [0.25, 0.3) is 0 Å². The molecule has 1 aromatic rings. The molecule has 0 aromatic carbocycles. The number of anilines is 2. The Bertz CT molecular complexity index is 428. The summed E-state index contributed by atoms with van der Waals surface area (Å²) in [5, 5.41) is 19.1. The highest BCUT2D eigenvalue weighted by Crippen LogP contribution is 2.21. The van der Waals surface area contributed by atoms with Gasteiger partial charge >= 0.3 is 0 Å². The summed E-state index contributed by atoms with van der Waals surface area (Å²) < 4.78 is 0. The van der Waals surface area contributed by atoms with Crippen molar-refractivity contribution in [2.75, 3.05) is 17.6 Å². The molecule has 0 bridgehead atoms. The number of unbranched alkanes of at least 4 members (excludes halogenated alkanes) is 1. The largest absolute Gasteiger partial charge is 0.384 e. The van der Waals surface area contributed by atoms with Gasteiger partial charge < -0.3 is 5.73 Å². The molecule has 0 aliphatic carbocycles. The molecule has 0 fully saturated rings. The number of nitriles is 1. The number of hydrogen-bond donors (Lipinski definition) is 2. The average Bonchev–Trinajstić information content (AvgIpc) is 2.28. The minimum atomic E-state index is 0.0288. The van der Waals surface area contributed by atoms with Crippen LogP contribution in [0.2, 0.25) is 0 Å². The highest BCUT2D eigenvalue weighted by atomic mass is 16.9. The zero-order chi connectivity index (χ0) is 12.8. The highest BCUT2D eigenvalue weighted by molar-refractivity contribution is 5.58. The number of nitrogens with two attached hydrogens (primary N) is 1. The van der Waals surface area contributed by atoms with Gasteiger partial charge in [0.15, 0.2) is 0 Å². The lowest BCUT2D eigenvalue weighted by Crippen LogP contribution is -2.22. The Morgan fingerprint density at radius 3 is 2.94 bits per heavy atom. The monoisotopic (exact) mass is 236 g/mol. The van der Waals surface area contributed by atoms with E-state index >= 15 is 0 Å². The fourth-order valence-electron chi connectivity index (χ4n) is 1.31. The number of pyridine rings is 1. The van der Waals surface area contributed by atoms with Crippen molar-refractivity contribution >= 4 is 11.6 Å². The molecular formula is C11H16N4O2. The van der Waals surface area contributed by atoms with Crippen LogP contribution in [0.4, 0.5) is 11.6 Å². The van der Waals surface area contributed by atoms with Gasteiger partial charge in [0.2, 0.25) is 5.82 Å².